The van der Waals surface area contributed by atoms with Crippen molar-refractivity contribution in [3.05, 3.63) is 65.2 Å². The number of hydrogen-bond donors (Lipinski definition) is 0. The Labute approximate surface area is 153 Å². The Morgan fingerprint density at radius 1 is 0.963 bits per heavy atom. The van der Waals surface area contributed by atoms with E-state index in [0.717, 1.165) is 0 Å². The zero-order valence-corrected chi connectivity index (χ0v) is 14.3. The van der Waals surface area contributed by atoms with E-state index < -0.39 is 12.1 Å². The summed E-state index contributed by atoms with van der Waals surface area (Å²) >= 11 is 0. The normalized spacial score (nSPS) is 12.3. The van der Waals surface area contributed by atoms with E-state index in [9.17, 15) is 18.4 Å². The Balaban J connectivity index is 2.59. The first-order valence-electron chi connectivity index (χ1n) is 7.48. The lowest BCUT2D eigenvalue weighted by atomic mass is 9.95. The molecule has 0 radical (unpaired) electrons. The number of ether oxygens (including phenoxy) is 1. The monoisotopic (exact) mass is 377 g/mol. The smallest absolute Gasteiger partial charge is 0.406 e. The first kappa shape index (κ1) is 19.8. The third-order valence-electron chi connectivity index (χ3n) is 3.25. The van der Waals surface area contributed by atoms with E-state index in [1.54, 1.807) is 24.3 Å². The minimum Gasteiger partial charge on any atom is -0.406 e. The van der Waals surface area contributed by atoms with Crippen molar-refractivity contribution in [1.29, 1.82) is 5.26 Å². The van der Waals surface area contributed by atoms with Crippen LogP contribution in [0, 0.1) is 11.3 Å². The van der Waals surface area contributed by atoms with Gasteiger partial charge < -0.3 is 14.4 Å². The van der Waals surface area contributed by atoms with Gasteiger partial charge in [0.05, 0.1) is 0 Å². The van der Waals surface area contributed by atoms with Crippen molar-refractivity contribution >= 4 is 11.4 Å². The maximum atomic E-state index is 12.5. The molecule has 0 saturated heterocycles. The summed E-state index contributed by atoms with van der Waals surface area (Å²) in [6.07, 6.45) is -4.83. The number of alkyl halides is 3. The molecule has 0 amide bonds. The molecule has 0 spiro atoms. The van der Waals surface area contributed by atoms with Gasteiger partial charge in [0.1, 0.15) is 31.8 Å². The lowest BCUT2D eigenvalue weighted by Gasteiger charge is -2.13. The largest absolute Gasteiger partial charge is 0.573 e. The number of nitriles is 1. The lowest BCUT2D eigenvalue weighted by molar-refractivity contribution is -0.274. The topological polar surface area (TPSA) is 76.2 Å². The van der Waals surface area contributed by atoms with Crippen LogP contribution in [0.5, 0.6) is 5.75 Å². The van der Waals surface area contributed by atoms with E-state index in [4.69, 9.17) is 4.84 Å². The Kier molecular flexibility index (Phi) is 6.38. The van der Waals surface area contributed by atoms with Crippen LogP contribution in [0.1, 0.15) is 16.7 Å². The molecule has 0 aliphatic rings. The van der Waals surface area contributed by atoms with Crippen LogP contribution < -0.4 is 4.74 Å². The van der Waals surface area contributed by atoms with Gasteiger partial charge in [-0.2, -0.15) is 5.26 Å². The molecule has 2 aromatic rings. The Morgan fingerprint density at radius 2 is 1.63 bits per heavy atom. The second-order valence-corrected chi connectivity index (χ2v) is 4.98. The summed E-state index contributed by atoms with van der Waals surface area (Å²) in [6, 6.07) is 13.8. The van der Waals surface area contributed by atoms with E-state index in [2.05, 4.69) is 19.9 Å². The van der Waals surface area contributed by atoms with Gasteiger partial charge in [-0.25, -0.2) is 0 Å². The zero-order valence-electron chi connectivity index (χ0n) is 14.3. The van der Waals surface area contributed by atoms with Crippen LogP contribution in [0.3, 0.4) is 0 Å². The minimum atomic E-state index is -4.83. The first-order valence-corrected chi connectivity index (χ1v) is 7.48. The number of halogens is 3. The Hall–Kier alpha value is -3.54. The summed E-state index contributed by atoms with van der Waals surface area (Å²) in [7, 11) is 2.59. The molecule has 2 rings (SSSR count). The van der Waals surface area contributed by atoms with Gasteiger partial charge in [0.15, 0.2) is 5.71 Å². The third kappa shape index (κ3) is 5.22. The quantitative estimate of drug-likeness (QED) is 0.566. The average molecular weight is 377 g/mol. The molecule has 0 unspecified atom stereocenters. The fourth-order valence-corrected chi connectivity index (χ4v) is 2.31. The predicted molar refractivity (Wildman–Crippen MR) is 91.4 cm³/mol. The highest BCUT2D eigenvalue weighted by atomic mass is 19.4. The van der Waals surface area contributed by atoms with Gasteiger partial charge in [-0.15, -0.1) is 13.2 Å². The average Bonchev–Trinajstić information content (AvgIpc) is 2.63. The molecule has 0 atom stereocenters. The van der Waals surface area contributed by atoms with Crippen LogP contribution in [-0.4, -0.2) is 32.0 Å². The van der Waals surface area contributed by atoms with Crippen molar-refractivity contribution in [1.82, 2.24) is 0 Å². The number of oxime groups is 2. The van der Waals surface area contributed by atoms with Crippen LogP contribution in [0.25, 0.3) is 0 Å². The van der Waals surface area contributed by atoms with Gasteiger partial charge in [-0.1, -0.05) is 46.7 Å². The fourth-order valence-electron chi connectivity index (χ4n) is 2.31. The fraction of sp³-hybridized carbons (Fsp3) is 0.167. The molecule has 0 bridgehead atoms. The molecule has 0 saturated carbocycles. The zero-order chi connectivity index (χ0) is 19.9. The molecule has 9 heteroatoms. The minimum absolute atomic E-state index is 0.0281. The van der Waals surface area contributed by atoms with Crippen molar-refractivity contribution in [3.8, 4) is 11.8 Å². The summed E-state index contributed by atoms with van der Waals surface area (Å²) in [5.74, 6) is -0.410. The van der Waals surface area contributed by atoms with E-state index in [-0.39, 0.29) is 11.4 Å². The standard InChI is InChI=1S/C18H14F3N3O3/c1-25-23-16(11-22)14-8-3-4-9-15(14)17(24-26-2)12-6-5-7-13(10-12)27-18(19,20)21/h3-10H,1-2H3. The molecule has 0 heterocycles. The van der Waals surface area contributed by atoms with Crippen molar-refractivity contribution in [3.63, 3.8) is 0 Å². The number of benzene rings is 2. The summed E-state index contributed by atoms with van der Waals surface area (Å²) in [4.78, 5) is 9.53. The van der Waals surface area contributed by atoms with Crippen LogP contribution in [0.2, 0.25) is 0 Å². The van der Waals surface area contributed by atoms with E-state index >= 15 is 0 Å². The SMILES string of the molecule is CON=C(C#N)c1ccccc1C(=NOC)c1cccc(OC(F)(F)F)c1. The Bertz CT molecular complexity index is 902. The molecular formula is C18H14F3N3O3. The second kappa shape index (κ2) is 8.71. The summed E-state index contributed by atoms with van der Waals surface area (Å²) < 4.78 is 41.5. The van der Waals surface area contributed by atoms with E-state index in [1.165, 1.54) is 38.5 Å². The number of hydrogen-bond acceptors (Lipinski definition) is 6. The molecule has 6 nitrogen and oxygen atoms in total. The molecule has 27 heavy (non-hydrogen) atoms. The number of rotatable bonds is 6. The second-order valence-electron chi connectivity index (χ2n) is 4.98. The van der Waals surface area contributed by atoms with Crippen LogP contribution in [0.15, 0.2) is 58.8 Å². The predicted octanol–water partition coefficient (Wildman–Crippen LogP) is 3.86. The van der Waals surface area contributed by atoms with Gasteiger partial charge in [0.25, 0.3) is 0 Å². The van der Waals surface area contributed by atoms with Gasteiger partial charge in [-0.05, 0) is 12.1 Å². The highest BCUT2D eigenvalue weighted by Gasteiger charge is 2.31. The van der Waals surface area contributed by atoms with Crippen molar-refractivity contribution in [2.75, 3.05) is 14.2 Å². The van der Waals surface area contributed by atoms with Crippen LogP contribution in [0.4, 0.5) is 13.2 Å². The third-order valence-corrected chi connectivity index (χ3v) is 3.25. The first-order chi connectivity index (χ1) is 12.9. The molecular weight excluding hydrogens is 363 g/mol. The molecule has 0 N–H and O–H groups in total. The van der Waals surface area contributed by atoms with Gasteiger partial charge in [0, 0.05) is 16.7 Å². The van der Waals surface area contributed by atoms with Crippen LogP contribution in [-0.2, 0) is 9.68 Å². The molecule has 0 aliphatic heterocycles. The molecule has 0 aromatic heterocycles. The Morgan fingerprint density at radius 3 is 2.22 bits per heavy atom. The van der Waals surface area contributed by atoms with Gasteiger partial charge in [-0.3, -0.25) is 0 Å². The molecule has 0 aliphatic carbocycles. The van der Waals surface area contributed by atoms with Crippen molar-refractivity contribution < 1.29 is 27.6 Å². The maximum absolute atomic E-state index is 12.5. The highest BCUT2D eigenvalue weighted by molar-refractivity contribution is 6.22. The van der Waals surface area contributed by atoms with Crippen molar-refractivity contribution in [2.45, 2.75) is 6.36 Å². The molecule has 140 valence electrons. The summed E-state index contributed by atoms with van der Waals surface area (Å²) in [5, 5.41) is 16.9. The maximum Gasteiger partial charge on any atom is 0.573 e. The van der Waals surface area contributed by atoms with Crippen LogP contribution >= 0.6 is 0 Å². The lowest BCUT2D eigenvalue weighted by Crippen LogP contribution is -2.17. The van der Waals surface area contributed by atoms with Gasteiger partial charge >= 0.3 is 6.36 Å². The van der Waals surface area contributed by atoms with Crippen molar-refractivity contribution in [2.24, 2.45) is 10.3 Å². The molecule has 2 aromatic carbocycles. The summed E-state index contributed by atoms with van der Waals surface area (Å²) in [5.41, 5.74) is 1.25. The van der Waals surface area contributed by atoms with Gasteiger partial charge in [0.2, 0.25) is 0 Å². The van der Waals surface area contributed by atoms with E-state index in [0.29, 0.717) is 16.7 Å². The summed E-state index contributed by atoms with van der Waals surface area (Å²) in [6.45, 7) is 0. The number of nitrogens with zero attached hydrogens (tertiary/aromatic N) is 3. The van der Waals surface area contributed by atoms with E-state index in [1.807, 2.05) is 6.07 Å². The molecule has 0 fully saturated rings. The highest BCUT2D eigenvalue weighted by Crippen LogP contribution is 2.25.